The molecule has 0 fully saturated rings. The third-order valence-electron chi connectivity index (χ3n) is 6.95. The van der Waals surface area contributed by atoms with Crippen LogP contribution in [-0.4, -0.2) is 32.3 Å². The molecule has 4 rings (SSSR count). The Morgan fingerprint density at radius 2 is 1.29 bits per heavy atom. The highest BCUT2D eigenvalue weighted by Gasteiger charge is 2.36. The van der Waals surface area contributed by atoms with Crippen molar-refractivity contribution in [3.05, 3.63) is 60.2 Å². The van der Waals surface area contributed by atoms with Crippen LogP contribution in [0.2, 0.25) is 0 Å². The molecule has 0 spiro atoms. The third-order valence-corrected chi connectivity index (χ3v) is 6.95. The van der Waals surface area contributed by atoms with Crippen LogP contribution in [0.25, 0.3) is 32.3 Å². The average molecular weight is 475 g/mol. The zero-order valence-electron chi connectivity index (χ0n) is 21.3. The normalized spacial score (nSPS) is 12.5. The molecule has 0 atom stereocenters. The average Bonchev–Trinajstić information content (AvgIpc) is 2.85. The molecule has 0 amide bonds. The van der Waals surface area contributed by atoms with Crippen molar-refractivity contribution < 1.29 is 23.8 Å². The number of esters is 2. The van der Waals surface area contributed by atoms with Crippen molar-refractivity contribution in [2.45, 2.75) is 47.1 Å². The summed E-state index contributed by atoms with van der Waals surface area (Å²) in [5.41, 5.74) is -0.439. The maximum atomic E-state index is 13.1. The highest BCUT2D eigenvalue weighted by atomic mass is 16.6. The van der Waals surface area contributed by atoms with Gasteiger partial charge in [-0.3, -0.25) is 9.59 Å². The molecule has 0 unspecified atom stereocenters. The molecule has 0 aliphatic carbocycles. The monoisotopic (exact) mass is 474 g/mol. The summed E-state index contributed by atoms with van der Waals surface area (Å²) in [6.07, 6.45) is 1.02. The summed E-state index contributed by atoms with van der Waals surface area (Å²) >= 11 is 0. The van der Waals surface area contributed by atoms with E-state index in [1.165, 1.54) is 21.5 Å². The van der Waals surface area contributed by atoms with Crippen LogP contribution in [0.4, 0.5) is 0 Å². The summed E-state index contributed by atoms with van der Waals surface area (Å²) in [5, 5.41) is 7.10. The van der Waals surface area contributed by atoms with Crippen molar-refractivity contribution in [2.24, 2.45) is 10.8 Å². The van der Waals surface area contributed by atoms with Gasteiger partial charge in [0.15, 0.2) is 0 Å². The minimum absolute atomic E-state index is 0.203. The SMILES string of the molecule is COCCOC(=O)C(C)(C)CCC(C)(C)C(=O)OCc1cc2cccc3ccc4cccc1c4c32. The van der Waals surface area contributed by atoms with E-state index < -0.39 is 10.8 Å². The molecule has 0 saturated carbocycles. The standard InChI is InChI=1S/C30H34O5/c1-29(2,27(31)34-17-16-33-5)14-15-30(3,4)28(32)35-19-23-18-22-10-6-8-20-12-13-21-9-7-11-24(23)26(21)25(20)22/h6-13,18H,14-17,19H2,1-5H3. The Morgan fingerprint density at radius 3 is 1.94 bits per heavy atom. The van der Waals surface area contributed by atoms with E-state index in [0.29, 0.717) is 19.4 Å². The molecule has 0 aromatic heterocycles. The minimum atomic E-state index is -0.733. The molecule has 0 aliphatic heterocycles. The van der Waals surface area contributed by atoms with E-state index in [4.69, 9.17) is 14.2 Å². The Kier molecular flexibility index (Phi) is 7.00. The van der Waals surface area contributed by atoms with Crippen LogP contribution in [0.5, 0.6) is 0 Å². The van der Waals surface area contributed by atoms with Crippen LogP contribution in [0, 0.1) is 10.8 Å². The molecular formula is C30H34O5. The molecule has 0 bridgehead atoms. The Hall–Kier alpha value is -3.18. The predicted octanol–water partition coefficient (Wildman–Crippen LogP) is 6.65. The summed E-state index contributed by atoms with van der Waals surface area (Å²) in [5.74, 6) is -0.557. The van der Waals surface area contributed by atoms with E-state index in [-0.39, 0.29) is 25.2 Å². The minimum Gasteiger partial charge on any atom is -0.463 e. The first-order valence-electron chi connectivity index (χ1n) is 12.1. The smallest absolute Gasteiger partial charge is 0.311 e. The van der Waals surface area contributed by atoms with Gasteiger partial charge in [-0.2, -0.15) is 0 Å². The van der Waals surface area contributed by atoms with Crippen molar-refractivity contribution in [1.29, 1.82) is 0 Å². The molecule has 0 heterocycles. The number of methoxy groups -OCH3 is 1. The molecule has 0 aliphatic rings. The van der Waals surface area contributed by atoms with Gasteiger partial charge < -0.3 is 14.2 Å². The van der Waals surface area contributed by atoms with E-state index in [1.54, 1.807) is 7.11 Å². The molecule has 4 aromatic rings. The lowest BCUT2D eigenvalue weighted by molar-refractivity contribution is -0.160. The van der Waals surface area contributed by atoms with Crippen LogP contribution in [0.15, 0.2) is 54.6 Å². The summed E-state index contributed by atoms with van der Waals surface area (Å²) < 4.78 is 16.1. The van der Waals surface area contributed by atoms with E-state index in [0.717, 1.165) is 16.3 Å². The lowest BCUT2D eigenvalue weighted by Gasteiger charge is -2.28. The molecule has 5 heteroatoms. The van der Waals surface area contributed by atoms with E-state index in [9.17, 15) is 9.59 Å². The van der Waals surface area contributed by atoms with Crippen LogP contribution in [0.1, 0.15) is 46.1 Å². The van der Waals surface area contributed by atoms with Crippen LogP contribution in [0.3, 0.4) is 0 Å². The van der Waals surface area contributed by atoms with Crippen molar-refractivity contribution in [3.8, 4) is 0 Å². The lowest BCUT2D eigenvalue weighted by atomic mass is 9.79. The highest BCUT2D eigenvalue weighted by molar-refractivity contribution is 6.23. The second-order valence-corrected chi connectivity index (χ2v) is 10.6. The molecule has 0 saturated heterocycles. The molecule has 4 aromatic carbocycles. The van der Waals surface area contributed by atoms with Crippen molar-refractivity contribution in [3.63, 3.8) is 0 Å². The number of benzene rings is 4. The maximum Gasteiger partial charge on any atom is 0.311 e. The maximum absolute atomic E-state index is 13.1. The summed E-state index contributed by atoms with van der Waals surface area (Å²) in [4.78, 5) is 25.5. The molecule has 5 nitrogen and oxygen atoms in total. The second kappa shape index (κ2) is 9.82. The number of ether oxygens (including phenoxy) is 3. The van der Waals surface area contributed by atoms with E-state index >= 15 is 0 Å². The number of carbonyl (C=O) groups is 2. The third kappa shape index (κ3) is 5.10. The summed E-state index contributed by atoms with van der Waals surface area (Å²) in [7, 11) is 1.57. The van der Waals surface area contributed by atoms with Crippen molar-refractivity contribution >= 4 is 44.3 Å². The lowest BCUT2D eigenvalue weighted by Crippen LogP contribution is -2.32. The van der Waals surface area contributed by atoms with Gasteiger partial charge in [0.05, 0.1) is 17.4 Å². The topological polar surface area (TPSA) is 61.8 Å². The van der Waals surface area contributed by atoms with Gasteiger partial charge >= 0.3 is 11.9 Å². The Bertz CT molecular complexity index is 1350. The zero-order valence-corrected chi connectivity index (χ0v) is 21.3. The first-order valence-corrected chi connectivity index (χ1v) is 12.1. The first kappa shape index (κ1) is 24.9. The quantitative estimate of drug-likeness (QED) is 0.146. The second-order valence-electron chi connectivity index (χ2n) is 10.6. The fraction of sp³-hybridized carbons (Fsp3) is 0.400. The Balaban J connectivity index is 1.48. The van der Waals surface area contributed by atoms with Crippen LogP contribution >= 0.6 is 0 Å². The van der Waals surface area contributed by atoms with Gasteiger partial charge in [-0.1, -0.05) is 48.5 Å². The van der Waals surface area contributed by atoms with Crippen molar-refractivity contribution in [1.82, 2.24) is 0 Å². The fourth-order valence-corrected chi connectivity index (χ4v) is 4.54. The Labute approximate surface area is 206 Å². The van der Waals surface area contributed by atoms with E-state index in [1.807, 2.05) is 33.8 Å². The number of hydrogen-bond acceptors (Lipinski definition) is 5. The highest BCUT2D eigenvalue weighted by Crippen LogP contribution is 2.37. The number of hydrogen-bond donors (Lipinski definition) is 0. The molecular weight excluding hydrogens is 440 g/mol. The van der Waals surface area contributed by atoms with E-state index in [2.05, 4.69) is 48.5 Å². The first-order chi connectivity index (χ1) is 16.6. The van der Waals surface area contributed by atoms with Gasteiger partial charge in [0.1, 0.15) is 13.2 Å². The molecule has 0 N–H and O–H groups in total. The van der Waals surface area contributed by atoms with Crippen LogP contribution < -0.4 is 0 Å². The van der Waals surface area contributed by atoms with Gasteiger partial charge in [0.25, 0.3) is 0 Å². The zero-order chi connectivity index (χ0) is 25.2. The molecule has 184 valence electrons. The fourth-order valence-electron chi connectivity index (χ4n) is 4.54. The van der Waals surface area contributed by atoms with Gasteiger partial charge in [-0.05, 0) is 84.5 Å². The Morgan fingerprint density at radius 1 is 0.714 bits per heavy atom. The van der Waals surface area contributed by atoms with Crippen molar-refractivity contribution in [2.75, 3.05) is 20.3 Å². The molecule has 0 radical (unpaired) electrons. The van der Waals surface area contributed by atoms with Gasteiger partial charge in [0.2, 0.25) is 0 Å². The predicted molar refractivity (Wildman–Crippen MR) is 140 cm³/mol. The van der Waals surface area contributed by atoms with Gasteiger partial charge in [0, 0.05) is 7.11 Å². The van der Waals surface area contributed by atoms with Gasteiger partial charge in [-0.15, -0.1) is 0 Å². The summed E-state index contributed by atoms with van der Waals surface area (Å²) in [6, 6.07) is 19.0. The largest absolute Gasteiger partial charge is 0.463 e. The van der Waals surface area contributed by atoms with Crippen LogP contribution in [-0.2, 0) is 30.4 Å². The van der Waals surface area contributed by atoms with Gasteiger partial charge in [-0.25, -0.2) is 0 Å². The number of carbonyl (C=O) groups excluding carboxylic acids is 2. The summed E-state index contributed by atoms with van der Waals surface area (Å²) in [6.45, 7) is 8.21. The number of rotatable bonds is 10. The molecule has 35 heavy (non-hydrogen) atoms.